The Kier molecular flexibility index (Phi) is 2.50. The lowest BCUT2D eigenvalue weighted by molar-refractivity contribution is 0.0141. The van der Waals surface area contributed by atoms with Crippen molar-refractivity contribution in [3.05, 3.63) is 0 Å². The zero-order chi connectivity index (χ0) is 9.41. The number of aliphatic hydroxyl groups is 1. The van der Waals surface area contributed by atoms with Crippen LogP contribution in [0.5, 0.6) is 0 Å². The van der Waals surface area contributed by atoms with E-state index in [0.29, 0.717) is 0 Å². The summed E-state index contributed by atoms with van der Waals surface area (Å²) in [5.74, 6) is 0. The van der Waals surface area contributed by atoms with Gasteiger partial charge in [-0.15, -0.1) is 0 Å². The zero-order valence-electron chi connectivity index (χ0n) is 8.72. The van der Waals surface area contributed by atoms with E-state index in [1.807, 2.05) is 0 Å². The molecule has 0 radical (unpaired) electrons. The van der Waals surface area contributed by atoms with Crippen LogP contribution < -0.4 is 0 Å². The van der Waals surface area contributed by atoms with Gasteiger partial charge in [0.1, 0.15) is 0 Å². The summed E-state index contributed by atoms with van der Waals surface area (Å²) in [6, 6.07) is 0. The summed E-state index contributed by atoms with van der Waals surface area (Å²) in [4.78, 5) is 2.42. The van der Waals surface area contributed by atoms with Crippen molar-refractivity contribution in [2.45, 2.75) is 51.6 Å². The van der Waals surface area contributed by atoms with Crippen molar-refractivity contribution in [1.29, 1.82) is 0 Å². The summed E-state index contributed by atoms with van der Waals surface area (Å²) in [6.45, 7) is 10.2. The van der Waals surface area contributed by atoms with Crippen molar-refractivity contribution in [1.82, 2.24) is 4.90 Å². The van der Waals surface area contributed by atoms with Gasteiger partial charge in [-0.1, -0.05) is 0 Å². The van der Waals surface area contributed by atoms with Crippen LogP contribution in [0.25, 0.3) is 0 Å². The lowest BCUT2D eigenvalue weighted by atomic mass is 9.95. The molecule has 0 aliphatic carbocycles. The van der Waals surface area contributed by atoms with E-state index in [0.717, 1.165) is 13.0 Å². The Morgan fingerprint density at radius 1 is 1.42 bits per heavy atom. The Morgan fingerprint density at radius 3 is 2.33 bits per heavy atom. The summed E-state index contributed by atoms with van der Waals surface area (Å²) < 4.78 is 0. The monoisotopic (exact) mass is 171 g/mol. The highest BCUT2D eigenvalue weighted by Gasteiger charge is 2.41. The first-order chi connectivity index (χ1) is 5.40. The maximum absolute atomic E-state index is 9.32. The van der Waals surface area contributed by atoms with Gasteiger partial charge in [0.05, 0.1) is 6.61 Å². The molecule has 0 bridgehead atoms. The van der Waals surface area contributed by atoms with Gasteiger partial charge in [-0.2, -0.15) is 0 Å². The first-order valence-electron chi connectivity index (χ1n) is 4.79. The summed E-state index contributed by atoms with van der Waals surface area (Å²) in [5, 5.41) is 9.32. The molecule has 0 aromatic rings. The SMILES string of the molecule is CC(C)(C)N1CCCC1(C)CO. The van der Waals surface area contributed by atoms with Crippen molar-refractivity contribution < 1.29 is 5.11 Å². The molecule has 0 spiro atoms. The predicted molar refractivity (Wildman–Crippen MR) is 51.2 cm³/mol. The molecule has 0 aromatic carbocycles. The smallest absolute Gasteiger partial charge is 0.0612 e. The first kappa shape index (κ1) is 10.0. The molecule has 72 valence electrons. The van der Waals surface area contributed by atoms with Gasteiger partial charge in [0.15, 0.2) is 0 Å². The van der Waals surface area contributed by atoms with E-state index < -0.39 is 0 Å². The molecular weight excluding hydrogens is 150 g/mol. The van der Waals surface area contributed by atoms with Gasteiger partial charge in [-0.25, -0.2) is 0 Å². The van der Waals surface area contributed by atoms with Crippen molar-refractivity contribution in [3.63, 3.8) is 0 Å². The summed E-state index contributed by atoms with van der Waals surface area (Å²) >= 11 is 0. The second-order valence-electron chi connectivity index (χ2n) is 5.08. The van der Waals surface area contributed by atoms with Crippen LogP contribution in [0.4, 0.5) is 0 Å². The first-order valence-corrected chi connectivity index (χ1v) is 4.79. The van der Waals surface area contributed by atoms with E-state index in [-0.39, 0.29) is 17.7 Å². The van der Waals surface area contributed by atoms with Crippen LogP contribution in [0.2, 0.25) is 0 Å². The van der Waals surface area contributed by atoms with Crippen molar-refractivity contribution in [2.24, 2.45) is 0 Å². The second kappa shape index (κ2) is 3.00. The Labute approximate surface area is 75.6 Å². The molecule has 12 heavy (non-hydrogen) atoms. The van der Waals surface area contributed by atoms with Crippen molar-refractivity contribution in [3.8, 4) is 0 Å². The molecule has 1 saturated heterocycles. The fourth-order valence-corrected chi connectivity index (χ4v) is 2.33. The van der Waals surface area contributed by atoms with Crippen LogP contribution in [0.15, 0.2) is 0 Å². The standard InChI is InChI=1S/C10H21NO/c1-9(2,3)11-7-5-6-10(11,4)8-12/h12H,5-8H2,1-4H3. The highest BCUT2D eigenvalue weighted by atomic mass is 16.3. The van der Waals surface area contributed by atoms with Crippen LogP contribution in [0.3, 0.4) is 0 Å². The third kappa shape index (κ3) is 1.64. The molecule has 1 aliphatic rings. The predicted octanol–water partition coefficient (Wildman–Crippen LogP) is 1.63. The highest BCUT2D eigenvalue weighted by molar-refractivity contribution is 4.97. The third-order valence-electron chi connectivity index (χ3n) is 2.90. The molecule has 2 nitrogen and oxygen atoms in total. The number of nitrogens with zero attached hydrogens (tertiary/aromatic N) is 1. The van der Waals surface area contributed by atoms with Gasteiger partial charge in [0.25, 0.3) is 0 Å². The molecule has 1 atom stereocenters. The number of rotatable bonds is 1. The van der Waals surface area contributed by atoms with Gasteiger partial charge >= 0.3 is 0 Å². The number of hydrogen-bond acceptors (Lipinski definition) is 2. The molecule has 1 rings (SSSR count). The summed E-state index contributed by atoms with van der Waals surface area (Å²) in [5.41, 5.74) is 0.215. The molecule has 0 aromatic heterocycles. The lowest BCUT2D eigenvalue weighted by Crippen LogP contribution is -2.53. The van der Waals surface area contributed by atoms with E-state index in [9.17, 15) is 5.11 Å². The molecule has 0 amide bonds. The minimum absolute atomic E-state index is 0.0260. The van der Waals surface area contributed by atoms with Crippen molar-refractivity contribution in [2.75, 3.05) is 13.2 Å². The van der Waals surface area contributed by atoms with Gasteiger partial charge in [0, 0.05) is 11.1 Å². The van der Waals surface area contributed by atoms with Crippen LogP contribution in [0, 0.1) is 0 Å². The molecule has 1 fully saturated rings. The van der Waals surface area contributed by atoms with Gasteiger partial charge < -0.3 is 5.11 Å². The molecule has 1 unspecified atom stereocenters. The topological polar surface area (TPSA) is 23.5 Å². The average molecular weight is 171 g/mol. The quantitative estimate of drug-likeness (QED) is 0.648. The summed E-state index contributed by atoms with van der Waals surface area (Å²) in [7, 11) is 0. The number of likely N-dealkylation sites (tertiary alicyclic amines) is 1. The fraction of sp³-hybridized carbons (Fsp3) is 1.00. The second-order valence-corrected chi connectivity index (χ2v) is 5.08. The van der Waals surface area contributed by atoms with Gasteiger partial charge in [-0.05, 0) is 47.1 Å². The average Bonchev–Trinajstić information content (AvgIpc) is 2.31. The maximum atomic E-state index is 9.32. The Balaban J connectivity index is 2.77. The molecule has 1 N–H and O–H groups in total. The van der Waals surface area contributed by atoms with Crippen LogP contribution in [-0.2, 0) is 0 Å². The van der Waals surface area contributed by atoms with Gasteiger partial charge in [-0.3, -0.25) is 4.90 Å². The highest BCUT2D eigenvalue weighted by Crippen LogP contribution is 2.34. The minimum Gasteiger partial charge on any atom is -0.394 e. The zero-order valence-corrected chi connectivity index (χ0v) is 8.72. The van der Waals surface area contributed by atoms with E-state index >= 15 is 0 Å². The Bertz CT molecular complexity index is 162. The minimum atomic E-state index is 0.0260. The van der Waals surface area contributed by atoms with Crippen LogP contribution in [0.1, 0.15) is 40.5 Å². The number of aliphatic hydroxyl groups excluding tert-OH is 1. The van der Waals surface area contributed by atoms with E-state index in [2.05, 4.69) is 32.6 Å². The number of hydrogen-bond donors (Lipinski definition) is 1. The molecule has 1 heterocycles. The maximum Gasteiger partial charge on any atom is 0.0612 e. The van der Waals surface area contributed by atoms with Crippen LogP contribution >= 0.6 is 0 Å². The van der Waals surface area contributed by atoms with Crippen LogP contribution in [-0.4, -0.2) is 34.2 Å². The fourth-order valence-electron chi connectivity index (χ4n) is 2.33. The van der Waals surface area contributed by atoms with E-state index in [1.165, 1.54) is 6.42 Å². The van der Waals surface area contributed by atoms with E-state index in [4.69, 9.17) is 0 Å². The summed E-state index contributed by atoms with van der Waals surface area (Å²) in [6.07, 6.45) is 2.34. The molecular formula is C10H21NO. The van der Waals surface area contributed by atoms with Crippen molar-refractivity contribution >= 4 is 0 Å². The molecule has 0 saturated carbocycles. The van der Waals surface area contributed by atoms with Gasteiger partial charge in [0.2, 0.25) is 0 Å². The third-order valence-corrected chi connectivity index (χ3v) is 2.90. The lowest BCUT2D eigenvalue weighted by Gasteiger charge is -2.43. The molecule has 1 aliphatic heterocycles. The van der Waals surface area contributed by atoms with E-state index in [1.54, 1.807) is 0 Å². The molecule has 2 heteroatoms. The normalized spacial score (nSPS) is 32.8. The Morgan fingerprint density at radius 2 is 2.00 bits per heavy atom. The Hall–Kier alpha value is -0.0800. The largest absolute Gasteiger partial charge is 0.394 e.